The average Bonchev–Trinajstić information content (AvgIpc) is 2.99. The van der Waals surface area contributed by atoms with Crippen molar-refractivity contribution in [1.29, 1.82) is 0 Å². The minimum atomic E-state index is -0.864. The Bertz CT molecular complexity index is 383. The minimum Gasteiger partial charge on any atom is -0.478 e. The fourth-order valence-corrected chi connectivity index (χ4v) is 1.57. The number of hydrogen-bond acceptors (Lipinski definition) is 2. The lowest BCUT2D eigenvalue weighted by atomic mass is 10.1. The summed E-state index contributed by atoms with van der Waals surface area (Å²) >= 11 is 0. The van der Waals surface area contributed by atoms with Gasteiger partial charge in [-0.3, -0.25) is 0 Å². The zero-order valence-corrected chi connectivity index (χ0v) is 8.79. The predicted molar refractivity (Wildman–Crippen MR) is 59.4 cm³/mol. The molecule has 15 heavy (non-hydrogen) atoms. The van der Waals surface area contributed by atoms with Crippen LogP contribution >= 0.6 is 0 Å². The van der Waals surface area contributed by atoms with Gasteiger partial charge >= 0.3 is 5.97 Å². The minimum absolute atomic E-state index is 0.371. The maximum absolute atomic E-state index is 11.0. The molecule has 2 N–H and O–H groups in total. The van der Waals surface area contributed by atoms with E-state index >= 15 is 0 Å². The van der Waals surface area contributed by atoms with Gasteiger partial charge in [-0.15, -0.1) is 0 Å². The van der Waals surface area contributed by atoms with Crippen LogP contribution in [0.4, 0.5) is 5.69 Å². The molecule has 0 bridgehead atoms. The third kappa shape index (κ3) is 2.49. The van der Waals surface area contributed by atoms with Crippen molar-refractivity contribution in [2.24, 2.45) is 5.92 Å². The van der Waals surface area contributed by atoms with E-state index in [0.29, 0.717) is 5.56 Å². The zero-order valence-electron chi connectivity index (χ0n) is 8.79. The molecule has 3 heteroatoms. The molecule has 0 amide bonds. The molecule has 0 atom stereocenters. The Morgan fingerprint density at radius 2 is 2.27 bits per heavy atom. The first-order valence-electron chi connectivity index (χ1n) is 5.24. The molecule has 2 rings (SSSR count). The third-order valence-electron chi connectivity index (χ3n) is 2.68. The summed E-state index contributed by atoms with van der Waals surface area (Å²) in [5, 5.41) is 12.2. The molecule has 0 saturated heterocycles. The van der Waals surface area contributed by atoms with Gasteiger partial charge in [0.1, 0.15) is 0 Å². The lowest BCUT2D eigenvalue weighted by Gasteiger charge is -2.09. The summed E-state index contributed by atoms with van der Waals surface area (Å²) in [7, 11) is 0. The van der Waals surface area contributed by atoms with Crippen molar-refractivity contribution >= 4 is 11.7 Å². The molecular weight excluding hydrogens is 190 g/mol. The molecule has 1 aromatic rings. The monoisotopic (exact) mass is 205 g/mol. The summed E-state index contributed by atoms with van der Waals surface area (Å²) in [5.74, 6) is -0.120. The second kappa shape index (κ2) is 3.93. The van der Waals surface area contributed by atoms with Gasteiger partial charge in [-0.1, -0.05) is 11.6 Å². The van der Waals surface area contributed by atoms with Gasteiger partial charge in [0.2, 0.25) is 0 Å². The van der Waals surface area contributed by atoms with Crippen molar-refractivity contribution in [3.05, 3.63) is 29.3 Å². The second-order valence-electron chi connectivity index (χ2n) is 4.18. The SMILES string of the molecule is Cc1ccc(NCC2CC2)c(C(=O)O)c1. The van der Waals surface area contributed by atoms with Crippen molar-refractivity contribution in [2.45, 2.75) is 19.8 Å². The summed E-state index contributed by atoms with van der Waals surface area (Å²) < 4.78 is 0. The molecule has 0 radical (unpaired) electrons. The van der Waals surface area contributed by atoms with Gasteiger partial charge in [0.25, 0.3) is 0 Å². The number of benzene rings is 1. The van der Waals surface area contributed by atoms with Gasteiger partial charge in [0, 0.05) is 12.2 Å². The summed E-state index contributed by atoms with van der Waals surface area (Å²) in [6.07, 6.45) is 2.53. The number of anilines is 1. The lowest BCUT2D eigenvalue weighted by Crippen LogP contribution is -2.08. The Labute approximate surface area is 89.1 Å². The van der Waals surface area contributed by atoms with Crippen molar-refractivity contribution in [3.63, 3.8) is 0 Å². The van der Waals surface area contributed by atoms with Crippen LogP contribution in [0, 0.1) is 12.8 Å². The van der Waals surface area contributed by atoms with Gasteiger partial charge in [0.05, 0.1) is 5.56 Å². The molecule has 0 aliphatic heterocycles. The number of rotatable bonds is 4. The standard InChI is InChI=1S/C12H15NO2/c1-8-2-5-11(10(6-8)12(14)15)13-7-9-3-4-9/h2,5-6,9,13H,3-4,7H2,1H3,(H,14,15). The number of aryl methyl sites for hydroxylation is 1. The maximum Gasteiger partial charge on any atom is 0.337 e. The van der Waals surface area contributed by atoms with Gasteiger partial charge in [-0.05, 0) is 37.8 Å². The van der Waals surface area contributed by atoms with Crippen molar-refractivity contribution < 1.29 is 9.90 Å². The molecule has 0 heterocycles. The Morgan fingerprint density at radius 3 is 2.87 bits per heavy atom. The van der Waals surface area contributed by atoms with Crippen LogP contribution in [-0.2, 0) is 0 Å². The number of carboxylic acids is 1. The summed E-state index contributed by atoms with van der Waals surface area (Å²) in [6.45, 7) is 2.79. The Balaban J connectivity index is 2.15. The molecule has 1 aliphatic rings. The van der Waals surface area contributed by atoms with Gasteiger partial charge in [-0.25, -0.2) is 4.79 Å². The number of carbonyl (C=O) groups is 1. The molecule has 1 saturated carbocycles. The number of aromatic carboxylic acids is 1. The van der Waals surface area contributed by atoms with Crippen LogP contribution in [0.5, 0.6) is 0 Å². The predicted octanol–water partition coefficient (Wildman–Crippen LogP) is 2.52. The zero-order chi connectivity index (χ0) is 10.8. The fraction of sp³-hybridized carbons (Fsp3) is 0.417. The normalized spacial score (nSPS) is 15.0. The number of hydrogen-bond donors (Lipinski definition) is 2. The van der Waals surface area contributed by atoms with Crippen LogP contribution in [0.25, 0.3) is 0 Å². The molecule has 0 aromatic heterocycles. The van der Waals surface area contributed by atoms with Crippen molar-refractivity contribution in [1.82, 2.24) is 0 Å². The Morgan fingerprint density at radius 1 is 1.53 bits per heavy atom. The van der Waals surface area contributed by atoms with E-state index in [4.69, 9.17) is 5.11 Å². The van der Waals surface area contributed by atoms with E-state index in [0.717, 1.165) is 23.7 Å². The first-order chi connectivity index (χ1) is 7.16. The average molecular weight is 205 g/mol. The second-order valence-corrected chi connectivity index (χ2v) is 4.18. The highest BCUT2D eigenvalue weighted by atomic mass is 16.4. The van der Waals surface area contributed by atoms with Crippen LogP contribution in [0.2, 0.25) is 0 Å². The molecule has 0 spiro atoms. The highest BCUT2D eigenvalue weighted by Gasteiger charge is 2.21. The molecular formula is C12H15NO2. The van der Waals surface area contributed by atoms with E-state index in [9.17, 15) is 4.79 Å². The topological polar surface area (TPSA) is 49.3 Å². The highest BCUT2D eigenvalue weighted by Crippen LogP contribution is 2.29. The van der Waals surface area contributed by atoms with E-state index in [1.807, 2.05) is 19.1 Å². The third-order valence-corrected chi connectivity index (χ3v) is 2.68. The largest absolute Gasteiger partial charge is 0.478 e. The quantitative estimate of drug-likeness (QED) is 0.794. The van der Waals surface area contributed by atoms with Crippen LogP contribution < -0.4 is 5.32 Å². The number of nitrogens with one attached hydrogen (secondary N) is 1. The first-order valence-corrected chi connectivity index (χ1v) is 5.24. The highest BCUT2D eigenvalue weighted by molar-refractivity contribution is 5.94. The van der Waals surface area contributed by atoms with Gasteiger partial charge < -0.3 is 10.4 Å². The molecule has 3 nitrogen and oxygen atoms in total. The summed E-state index contributed by atoms with van der Waals surface area (Å²) in [6, 6.07) is 5.49. The van der Waals surface area contributed by atoms with E-state index in [1.165, 1.54) is 12.8 Å². The fourth-order valence-electron chi connectivity index (χ4n) is 1.57. The van der Waals surface area contributed by atoms with E-state index in [-0.39, 0.29) is 0 Å². The lowest BCUT2D eigenvalue weighted by molar-refractivity contribution is 0.0698. The molecule has 80 valence electrons. The Hall–Kier alpha value is -1.51. The molecule has 0 unspecified atom stereocenters. The van der Waals surface area contributed by atoms with Gasteiger partial charge in [-0.2, -0.15) is 0 Å². The smallest absolute Gasteiger partial charge is 0.337 e. The summed E-state index contributed by atoms with van der Waals surface area (Å²) in [4.78, 5) is 11.0. The van der Waals surface area contributed by atoms with E-state index in [1.54, 1.807) is 6.07 Å². The Kier molecular flexibility index (Phi) is 2.62. The molecule has 1 aromatic carbocycles. The van der Waals surface area contributed by atoms with Crippen molar-refractivity contribution in [3.8, 4) is 0 Å². The van der Waals surface area contributed by atoms with Crippen molar-refractivity contribution in [2.75, 3.05) is 11.9 Å². The first kappa shape index (κ1) is 10.0. The van der Waals surface area contributed by atoms with E-state index < -0.39 is 5.97 Å². The van der Waals surface area contributed by atoms with Crippen LogP contribution in [-0.4, -0.2) is 17.6 Å². The van der Waals surface area contributed by atoms with Gasteiger partial charge in [0.15, 0.2) is 0 Å². The van der Waals surface area contributed by atoms with E-state index in [2.05, 4.69) is 5.32 Å². The maximum atomic E-state index is 11.0. The number of carboxylic acid groups (broad SMARTS) is 1. The van der Waals surface area contributed by atoms with Crippen LogP contribution in [0.3, 0.4) is 0 Å². The van der Waals surface area contributed by atoms with Crippen LogP contribution in [0.1, 0.15) is 28.8 Å². The van der Waals surface area contributed by atoms with Crippen LogP contribution in [0.15, 0.2) is 18.2 Å². The summed E-state index contributed by atoms with van der Waals surface area (Å²) in [5.41, 5.74) is 2.08. The molecule has 1 fully saturated rings. The molecule has 1 aliphatic carbocycles.